The van der Waals surface area contributed by atoms with Crippen LogP contribution in [0.15, 0.2) is 24.4 Å². The summed E-state index contributed by atoms with van der Waals surface area (Å²) in [5, 5.41) is 6.55. The third-order valence-corrected chi connectivity index (χ3v) is 5.68. The molecule has 1 aliphatic heterocycles. The van der Waals surface area contributed by atoms with E-state index in [1.165, 1.54) is 16.9 Å². The molecule has 1 atom stereocenters. The summed E-state index contributed by atoms with van der Waals surface area (Å²) in [4.78, 5) is 18.7. The lowest BCUT2D eigenvalue weighted by molar-refractivity contribution is 0.0943. The van der Waals surface area contributed by atoms with E-state index in [9.17, 15) is 4.79 Å². The van der Waals surface area contributed by atoms with Crippen molar-refractivity contribution in [2.45, 2.75) is 39.8 Å². The van der Waals surface area contributed by atoms with Gasteiger partial charge in [0.1, 0.15) is 4.88 Å². The lowest BCUT2D eigenvalue weighted by Gasteiger charge is -2.18. The lowest BCUT2D eigenvalue weighted by atomic mass is 9.97. The molecule has 1 amide bonds. The van der Waals surface area contributed by atoms with E-state index in [4.69, 9.17) is 4.74 Å². The van der Waals surface area contributed by atoms with Gasteiger partial charge in [-0.1, -0.05) is 38.2 Å². The van der Waals surface area contributed by atoms with Crippen LogP contribution in [0.4, 0.5) is 0 Å². The highest BCUT2D eigenvalue weighted by Gasteiger charge is 2.18. The number of aromatic nitrogens is 2. The van der Waals surface area contributed by atoms with E-state index in [0.717, 1.165) is 42.2 Å². The average Bonchev–Trinajstić information content (AvgIpc) is 3.33. The van der Waals surface area contributed by atoms with Gasteiger partial charge in [0.15, 0.2) is 4.96 Å². The molecule has 1 unspecified atom stereocenters. The minimum Gasteiger partial charge on any atom is -0.380 e. The van der Waals surface area contributed by atoms with Gasteiger partial charge < -0.3 is 15.4 Å². The highest BCUT2D eigenvalue weighted by atomic mass is 35.5. The van der Waals surface area contributed by atoms with Crippen molar-refractivity contribution < 1.29 is 9.53 Å². The molecule has 9 heteroatoms. The molecular formula is C20H28Cl2N4O2S. The van der Waals surface area contributed by atoms with Crippen LogP contribution in [0.25, 0.3) is 16.0 Å². The van der Waals surface area contributed by atoms with Gasteiger partial charge in [-0.3, -0.25) is 9.20 Å². The molecule has 1 fully saturated rings. The maximum atomic E-state index is 12.4. The van der Waals surface area contributed by atoms with Gasteiger partial charge in [-0.05, 0) is 29.5 Å². The largest absolute Gasteiger partial charge is 0.380 e. The summed E-state index contributed by atoms with van der Waals surface area (Å²) in [5.74, 6) is -0.0346. The smallest absolute Gasteiger partial charge is 0.263 e. The minimum absolute atomic E-state index is 0. The molecule has 3 aromatic rings. The monoisotopic (exact) mass is 458 g/mol. The number of nitrogens with zero attached hydrogens (tertiary/aromatic N) is 2. The molecular weight excluding hydrogens is 431 g/mol. The molecule has 1 aromatic carbocycles. The first-order valence-corrected chi connectivity index (χ1v) is 10.2. The number of thiazole rings is 1. The molecule has 2 N–H and O–H groups in total. The van der Waals surface area contributed by atoms with Gasteiger partial charge in [0.05, 0.1) is 17.6 Å². The Kier molecular flexibility index (Phi) is 7.93. The Morgan fingerprint density at radius 3 is 2.83 bits per heavy atom. The summed E-state index contributed by atoms with van der Waals surface area (Å²) in [6.07, 6.45) is 2.96. The number of imidazole rings is 1. The number of hydrogen-bond donors (Lipinski definition) is 2. The first-order chi connectivity index (χ1) is 12.9. The summed E-state index contributed by atoms with van der Waals surface area (Å²) >= 11 is 1.43. The van der Waals surface area contributed by atoms with Crippen molar-refractivity contribution in [3.8, 4) is 0 Å². The Morgan fingerprint density at radius 2 is 2.14 bits per heavy atom. The van der Waals surface area contributed by atoms with Crippen LogP contribution in [0.1, 0.15) is 42.4 Å². The Bertz CT molecular complexity index is 974. The van der Waals surface area contributed by atoms with Gasteiger partial charge >= 0.3 is 0 Å². The van der Waals surface area contributed by atoms with Gasteiger partial charge in [0.25, 0.3) is 5.91 Å². The van der Waals surface area contributed by atoms with E-state index in [-0.39, 0.29) is 36.1 Å². The number of carbonyl (C=O) groups is 1. The number of ether oxygens (including phenoxy) is 1. The molecule has 6 nitrogen and oxygen atoms in total. The van der Waals surface area contributed by atoms with Gasteiger partial charge in [-0.25, -0.2) is 4.98 Å². The molecule has 29 heavy (non-hydrogen) atoms. The number of fused-ring (bicyclic) bond motifs is 3. The molecule has 0 saturated carbocycles. The fraction of sp³-hybridized carbons (Fsp3) is 0.500. The molecule has 4 rings (SSSR count). The van der Waals surface area contributed by atoms with Crippen LogP contribution in [0.2, 0.25) is 0 Å². The zero-order valence-corrected chi connectivity index (χ0v) is 19.3. The number of nitrogens with one attached hydrogen (secondary N) is 2. The van der Waals surface area contributed by atoms with Crippen LogP contribution in [0.3, 0.4) is 0 Å². The number of halogens is 2. The topological polar surface area (TPSA) is 67.7 Å². The van der Waals surface area contributed by atoms with Crippen LogP contribution in [-0.2, 0) is 11.3 Å². The Morgan fingerprint density at radius 1 is 1.34 bits per heavy atom. The highest BCUT2D eigenvalue weighted by molar-refractivity contribution is 7.18. The summed E-state index contributed by atoms with van der Waals surface area (Å²) in [5.41, 5.74) is 3.27. The molecule has 0 spiro atoms. The zero-order chi connectivity index (χ0) is 19.0. The average molecular weight is 459 g/mol. The van der Waals surface area contributed by atoms with Gasteiger partial charge in [0.2, 0.25) is 0 Å². The number of rotatable bonds is 5. The lowest BCUT2D eigenvalue weighted by Crippen LogP contribution is -2.31. The summed E-state index contributed by atoms with van der Waals surface area (Å²) < 4.78 is 7.44. The number of hydrogen-bond acceptors (Lipinski definition) is 5. The first kappa shape index (κ1) is 23.9. The van der Waals surface area contributed by atoms with Crippen molar-refractivity contribution in [2.75, 3.05) is 19.8 Å². The van der Waals surface area contributed by atoms with E-state index >= 15 is 0 Å². The number of carbonyl (C=O) groups excluding carboxylic acids is 1. The summed E-state index contributed by atoms with van der Waals surface area (Å²) in [6.45, 7) is 9.40. The first-order valence-electron chi connectivity index (χ1n) is 9.39. The van der Waals surface area contributed by atoms with E-state index < -0.39 is 0 Å². The van der Waals surface area contributed by atoms with Crippen molar-refractivity contribution in [2.24, 2.45) is 5.41 Å². The van der Waals surface area contributed by atoms with Crippen LogP contribution in [0, 0.1) is 5.41 Å². The zero-order valence-electron chi connectivity index (χ0n) is 16.9. The van der Waals surface area contributed by atoms with Crippen molar-refractivity contribution >= 4 is 58.1 Å². The normalized spacial score (nSPS) is 16.6. The molecule has 160 valence electrons. The fourth-order valence-corrected chi connectivity index (χ4v) is 4.07. The molecule has 0 radical (unpaired) electrons. The van der Waals surface area contributed by atoms with Crippen LogP contribution in [-0.4, -0.2) is 41.1 Å². The Hall–Kier alpha value is -1.38. The second-order valence-electron chi connectivity index (χ2n) is 8.37. The maximum Gasteiger partial charge on any atom is 0.263 e. The Labute approximate surface area is 187 Å². The predicted octanol–water partition coefficient (Wildman–Crippen LogP) is 4.05. The highest BCUT2D eigenvalue weighted by Crippen LogP contribution is 2.25. The number of benzene rings is 1. The van der Waals surface area contributed by atoms with Crippen LogP contribution < -0.4 is 10.6 Å². The molecule has 0 aliphatic carbocycles. The minimum atomic E-state index is -0.0346. The molecule has 0 bridgehead atoms. The van der Waals surface area contributed by atoms with Crippen molar-refractivity contribution in [3.63, 3.8) is 0 Å². The summed E-state index contributed by atoms with van der Waals surface area (Å²) in [6, 6.07) is 6.75. The van der Waals surface area contributed by atoms with Crippen LogP contribution in [0.5, 0.6) is 0 Å². The quantitative estimate of drug-likeness (QED) is 0.604. The standard InChI is InChI=1S/C20H26N4O2S.2ClH/c1-20(2,3)12-22-18(25)17-10-24-16-8-13(9-21-14-6-7-26-11-14)4-5-15(16)23-19(24)27-17;;/h4-5,8,10,14,21H,6-7,9,11-12H2,1-3H3,(H,22,25);2*1H. The van der Waals surface area contributed by atoms with Crippen molar-refractivity contribution in [1.82, 2.24) is 20.0 Å². The van der Waals surface area contributed by atoms with E-state index in [0.29, 0.717) is 17.5 Å². The van der Waals surface area contributed by atoms with Crippen molar-refractivity contribution in [1.29, 1.82) is 0 Å². The van der Waals surface area contributed by atoms with Crippen molar-refractivity contribution in [3.05, 3.63) is 34.8 Å². The van der Waals surface area contributed by atoms with E-state index in [2.05, 4.69) is 54.6 Å². The third-order valence-electron chi connectivity index (χ3n) is 4.70. The fourth-order valence-electron chi connectivity index (χ4n) is 3.16. The van der Waals surface area contributed by atoms with Gasteiger partial charge in [0, 0.05) is 31.9 Å². The molecule has 3 heterocycles. The second-order valence-corrected chi connectivity index (χ2v) is 9.38. The third kappa shape index (κ3) is 5.61. The van der Waals surface area contributed by atoms with Crippen LogP contribution >= 0.6 is 36.2 Å². The van der Waals surface area contributed by atoms with E-state index in [1.807, 2.05) is 10.6 Å². The van der Waals surface area contributed by atoms with Gasteiger partial charge in [-0.2, -0.15) is 0 Å². The van der Waals surface area contributed by atoms with E-state index in [1.54, 1.807) is 0 Å². The second kappa shape index (κ2) is 9.62. The number of amides is 1. The Balaban J connectivity index is 0.00000150. The summed E-state index contributed by atoms with van der Waals surface area (Å²) in [7, 11) is 0. The molecule has 1 aliphatic rings. The van der Waals surface area contributed by atoms with Gasteiger partial charge in [-0.15, -0.1) is 24.8 Å². The molecule has 2 aromatic heterocycles. The molecule has 1 saturated heterocycles. The maximum absolute atomic E-state index is 12.4. The SMILES string of the molecule is CC(C)(C)CNC(=O)c1cn2c(nc3ccc(CNC4CCOC4)cc32)s1.Cl.Cl. The predicted molar refractivity (Wildman–Crippen MR) is 123 cm³/mol.